The summed E-state index contributed by atoms with van der Waals surface area (Å²) in [6, 6.07) is 10.6. The number of thioether (sulfide) groups is 1. The van der Waals surface area contributed by atoms with Crippen LogP contribution in [0, 0.1) is 13.8 Å². The maximum Gasteiger partial charge on any atom is 0.338 e. The standard InChI is InChI=1S/C24H27ClN4O4S/c1-14(2)33-23(31)17-9-10-18(25)19(11-17)26-21(30)13-34-24-28-27-20(29(24)5)12-32-22-15(3)7-6-8-16(22)4/h6-11,14H,12-13H2,1-5H3,(H,26,30). The summed E-state index contributed by atoms with van der Waals surface area (Å²) in [6.07, 6.45) is -0.250. The Labute approximate surface area is 208 Å². The van der Waals surface area contributed by atoms with E-state index in [-0.39, 0.29) is 24.4 Å². The number of anilines is 1. The van der Waals surface area contributed by atoms with Crippen LogP contribution in [0.15, 0.2) is 41.6 Å². The molecule has 10 heteroatoms. The largest absolute Gasteiger partial charge is 0.485 e. The second-order valence-electron chi connectivity index (χ2n) is 7.95. The average molecular weight is 503 g/mol. The molecular weight excluding hydrogens is 476 g/mol. The lowest BCUT2D eigenvalue weighted by Gasteiger charge is -2.12. The van der Waals surface area contributed by atoms with E-state index in [0.717, 1.165) is 16.9 Å². The summed E-state index contributed by atoms with van der Waals surface area (Å²) in [4.78, 5) is 24.6. The Morgan fingerprint density at radius 1 is 1.15 bits per heavy atom. The number of nitrogens with one attached hydrogen (secondary N) is 1. The number of amides is 1. The van der Waals surface area contributed by atoms with Crippen LogP contribution in [0.5, 0.6) is 5.75 Å². The Kier molecular flexibility index (Phi) is 8.57. The summed E-state index contributed by atoms with van der Waals surface area (Å²) in [5.74, 6) is 0.782. The summed E-state index contributed by atoms with van der Waals surface area (Å²) in [7, 11) is 1.82. The number of hydrogen-bond donors (Lipinski definition) is 1. The second kappa shape index (κ2) is 11.4. The molecule has 180 valence electrons. The van der Waals surface area contributed by atoms with E-state index in [1.54, 1.807) is 30.5 Å². The molecule has 1 N–H and O–H groups in total. The lowest BCUT2D eigenvalue weighted by atomic mass is 10.1. The Bertz CT molecular complexity index is 1180. The number of halogens is 1. The monoisotopic (exact) mass is 502 g/mol. The first-order valence-electron chi connectivity index (χ1n) is 10.7. The van der Waals surface area contributed by atoms with Crippen LogP contribution in [0.2, 0.25) is 5.02 Å². The van der Waals surface area contributed by atoms with Gasteiger partial charge < -0.3 is 19.4 Å². The average Bonchev–Trinajstić information content (AvgIpc) is 3.12. The number of carbonyl (C=O) groups excluding carboxylic acids is 2. The third kappa shape index (κ3) is 6.51. The van der Waals surface area contributed by atoms with Gasteiger partial charge in [0, 0.05) is 7.05 Å². The molecule has 0 unspecified atom stereocenters. The molecule has 0 aliphatic heterocycles. The van der Waals surface area contributed by atoms with Crippen molar-refractivity contribution in [2.75, 3.05) is 11.1 Å². The Morgan fingerprint density at radius 2 is 1.85 bits per heavy atom. The quantitative estimate of drug-likeness (QED) is 0.326. The summed E-state index contributed by atoms with van der Waals surface area (Å²) in [5, 5.41) is 12.0. The Morgan fingerprint density at radius 3 is 2.53 bits per heavy atom. The third-order valence-corrected chi connectivity index (χ3v) is 6.18. The minimum absolute atomic E-state index is 0.0841. The van der Waals surface area contributed by atoms with Gasteiger partial charge in [0.1, 0.15) is 12.4 Å². The van der Waals surface area contributed by atoms with Crippen molar-refractivity contribution >= 4 is 40.9 Å². The molecule has 34 heavy (non-hydrogen) atoms. The van der Waals surface area contributed by atoms with Gasteiger partial charge in [0.25, 0.3) is 0 Å². The van der Waals surface area contributed by atoms with E-state index in [1.165, 1.54) is 17.8 Å². The molecule has 0 bridgehead atoms. The molecule has 1 heterocycles. The van der Waals surface area contributed by atoms with Crippen LogP contribution in [-0.2, 0) is 23.2 Å². The van der Waals surface area contributed by atoms with E-state index in [9.17, 15) is 9.59 Å². The van der Waals surface area contributed by atoms with Crippen LogP contribution in [0.3, 0.4) is 0 Å². The van der Waals surface area contributed by atoms with Crippen LogP contribution in [0.1, 0.15) is 41.2 Å². The summed E-state index contributed by atoms with van der Waals surface area (Å²) < 4.78 is 12.9. The number of esters is 1. The van der Waals surface area contributed by atoms with Gasteiger partial charge in [-0.3, -0.25) is 4.79 Å². The van der Waals surface area contributed by atoms with Crippen molar-refractivity contribution < 1.29 is 19.1 Å². The van der Waals surface area contributed by atoms with Crippen molar-refractivity contribution in [3.63, 3.8) is 0 Å². The summed E-state index contributed by atoms with van der Waals surface area (Å²) in [5.41, 5.74) is 2.75. The number of rotatable bonds is 9. The van der Waals surface area contributed by atoms with Gasteiger partial charge in [-0.2, -0.15) is 0 Å². The molecule has 0 fully saturated rings. The number of nitrogens with zero attached hydrogens (tertiary/aromatic N) is 3. The van der Waals surface area contributed by atoms with E-state index >= 15 is 0 Å². The zero-order chi connectivity index (χ0) is 24.8. The molecule has 0 saturated heterocycles. The van der Waals surface area contributed by atoms with Crippen LogP contribution in [0.25, 0.3) is 0 Å². The molecule has 0 saturated carbocycles. The highest BCUT2D eigenvalue weighted by Gasteiger charge is 2.16. The molecular formula is C24H27ClN4O4S. The number of carbonyl (C=O) groups is 2. The van der Waals surface area contributed by atoms with Gasteiger partial charge in [0.2, 0.25) is 5.91 Å². The number of benzene rings is 2. The number of aromatic nitrogens is 3. The van der Waals surface area contributed by atoms with Crippen LogP contribution < -0.4 is 10.1 Å². The van der Waals surface area contributed by atoms with Gasteiger partial charge in [-0.05, 0) is 57.0 Å². The maximum absolute atomic E-state index is 12.5. The fourth-order valence-electron chi connectivity index (χ4n) is 3.11. The highest BCUT2D eigenvalue weighted by molar-refractivity contribution is 7.99. The van der Waals surface area contributed by atoms with Crippen molar-refractivity contribution in [3.8, 4) is 5.75 Å². The van der Waals surface area contributed by atoms with E-state index < -0.39 is 5.97 Å². The highest BCUT2D eigenvalue weighted by Crippen LogP contribution is 2.26. The molecule has 1 aromatic heterocycles. The molecule has 0 aliphatic rings. The minimum Gasteiger partial charge on any atom is -0.485 e. The molecule has 1 amide bonds. The smallest absolute Gasteiger partial charge is 0.338 e. The van der Waals surface area contributed by atoms with Gasteiger partial charge in [-0.1, -0.05) is 41.6 Å². The van der Waals surface area contributed by atoms with Gasteiger partial charge in [-0.25, -0.2) is 4.79 Å². The van der Waals surface area contributed by atoms with E-state index in [4.69, 9.17) is 21.1 Å². The first-order valence-corrected chi connectivity index (χ1v) is 12.0. The molecule has 3 aromatic rings. The van der Waals surface area contributed by atoms with Gasteiger partial charge >= 0.3 is 5.97 Å². The lowest BCUT2D eigenvalue weighted by Crippen LogP contribution is -2.16. The third-order valence-electron chi connectivity index (χ3n) is 4.83. The van der Waals surface area contributed by atoms with Crippen molar-refractivity contribution in [1.29, 1.82) is 0 Å². The van der Waals surface area contributed by atoms with Crippen LogP contribution in [-0.4, -0.2) is 38.5 Å². The Hall–Kier alpha value is -3.04. The first-order chi connectivity index (χ1) is 16.2. The summed E-state index contributed by atoms with van der Waals surface area (Å²) >= 11 is 7.42. The van der Waals surface area contributed by atoms with Gasteiger partial charge in [-0.15, -0.1) is 10.2 Å². The summed E-state index contributed by atoms with van der Waals surface area (Å²) in [6.45, 7) is 7.78. The number of hydrogen-bond acceptors (Lipinski definition) is 7. The van der Waals surface area contributed by atoms with Crippen molar-refractivity contribution in [3.05, 3.63) is 63.9 Å². The van der Waals surface area contributed by atoms with Gasteiger partial charge in [0.15, 0.2) is 11.0 Å². The molecule has 2 aromatic carbocycles. The van der Waals surface area contributed by atoms with Crippen molar-refractivity contribution in [1.82, 2.24) is 14.8 Å². The molecule has 3 rings (SSSR count). The first kappa shape index (κ1) is 25.6. The predicted molar refractivity (Wildman–Crippen MR) is 133 cm³/mol. The van der Waals surface area contributed by atoms with Crippen molar-refractivity contribution in [2.45, 2.75) is 45.6 Å². The zero-order valence-corrected chi connectivity index (χ0v) is 21.3. The van der Waals surface area contributed by atoms with Crippen LogP contribution >= 0.6 is 23.4 Å². The molecule has 0 spiro atoms. The molecule has 0 radical (unpaired) electrons. The maximum atomic E-state index is 12.5. The van der Waals surface area contributed by atoms with E-state index in [0.29, 0.717) is 27.3 Å². The second-order valence-corrected chi connectivity index (χ2v) is 9.30. The fourth-order valence-corrected chi connectivity index (χ4v) is 4.00. The van der Waals surface area contributed by atoms with Crippen molar-refractivity contribution in [2.24, 2.45) is 7.05 Å². The molecule has 0 atom stereocenters. The van der Waals surface area contributed by atoms with E-state index in [2.05, 4.69) is 15.5 Å². The minimum atomic E-state index is -0.480. The Balaban J connectivity index is 1.58. The molecule has 8 nitrogen and oxygen atoms in total. The zero-order valence-electron chi connectivity index (χ0n) is 19.7. The fraction of sp³-hybridized carbons (Fsp3) is 0.333. The molecule has 0 aliphatic carbocycles. The lowest BCUT2D eigenvalue weighted by molar-refractivity contribution is -0.113. The van der Waals surface area contributed by atoms with E-state index in [1.807, 2.05) is 39.1 Å². The topological polar surface area (TPSA) is 95.3 Å². The number of para-hydroxylation sites is 1. The predicted octanol–water partition coefficient (Wildman–Crippen LogP) is 4.96. The van der Waals surface area contributed by atoms with Crippen LogP contribution in [0.4, 0.5) is 5.69 Å². The van der Waals surface area contributed by atoms with Gasteiger partial charge in [0.05, 0.1) is 28.1 Å². The normalized spacial score (nSPS) is 10.9. The number of aryl methyl sites for hydroxylation is 2. The number of ether oxygens (including phenoxy) is 2. The SMILES string of the molecule is Cc1cccc(C)c1OCc1nnc(SCC(=O)Nc2cc(C(=O)OC(C)C)ccc2Cl)n1C. The highest BCUT2D eigenvalue weighted by atomic mass is 35.5.